The number of nitrogens with one attached hydrogen (secondary N) is 2. The minimum atomic E-state index is -3.86. The molecule has 0 radical (unpaired) electrons. The summed E-state index contributed by atoms with van der Waals surface area (Å²) in [7, 11) is -3.86. The third-order valence-electron chi connectivity index (χ3n) is 5.71. The lowest BCUT2D eigenvalue weighted by atomic mass is 9.79. The monoisotopic (exact) mass is 395 g/mol. The van der Waals surface area contributed by atoms with Crippen molar-refractivity contribution in [2.75, 3.05) is 18.8 Å². The largest absolute Gasteiger partial charge is 0.323 e. The van der Waals surface area contributed by atoms with Gasteiger partial charge in [0.1, 0.15) is 5.54 Å². The van der Waals surface area contributed by atoms with Crippen molar-refractivity contribution in [2.45, 2.75) is 58.4 Å². The summed E-state index contributed by atoms with van der Waals surface area (Å²) in [5, 5.41) is 4.80. The quantitative estimate of drug-likeness (QED) is 0.669. The Kier molecular flexibility index (Phi) is 5.42. The highest BCUT2D eigenvalue weighted by molar-refractivity contribution is 7.89. The molecule has 3 amide bonds. The van der Waals surface area contributed by atoms with Crippen molar-refractivity contribution >= 4 is 22.0 Å². The maximum absolute atomic E-state index is 14.1. The van der Waals surface area contributed by atoms with Gasteiger partial charge in [-0.1, -0.05) is 20.8 Å². The molecule has 2 N–H and O–H groups in total. The molecule has 0 spiro atoms. The van der Waals surface area contributed by atoms with Gasteiger partial charge in [-0.05, 0) is 25.7 Å². The Balaban J connectivity index is 2.05. The zero-order valence-corrected chi connectivity index (χ0v) is 16.4. The predicted octanol–water partition coefficient (Wildman–Crippen LogP) is 1.70. The predicted molar refractivity (Wildman–Crippen MR) is 92.2 cm³/mol. The summed E-state index contributed by atoms with van der Waals surface area (Å²) in [5.74, 6) is -4.36. The Hall–Kier alpha value is -1.29. The lowest BCUT2D eigenvalue weighted by Crippen LogP contribution is -2.55. The molecule has 0 aliphatic carbocycles. The molecule has 2 rings (SSSR count). The smallest absolute Gasteiger partial charge is 0.322 e. The fourth-order valence-corrected chi connectivity index (χ4v) is 5.76. The zero-order chi connectivity index (χ0) is 20.0. The van der Waals surface area contributed by atoms with Crippen LogP contribution in [0.3, 0.4) is 0 Å². The first kappa shape index (κ1) is 21.0. The number of halogens is 2. The first-order valence-electron chi connectivity index (χ1n) is 8.74. The maximum Gasteiger partial charge on any atom is 0.322 e. The molecule has 2 saturated heterocycles. The van der Waals surface area contributed by atoms with Crippen LogP contribution in [0.25, 0.3) is 0 Å². The van der Waals surface area contributed by atoms with Crippen molar-refractivity contribution in [3.8, 4) is 0 Å². The van der Waals surface area contributed by atoms with E-state index in [4.69, 9.17) is 0 Å². The lowest BCUT2D eigenvalue weighted by Gasteiger charge is -2.40. The summed E-state index contributed by atoms with van der Waals surface area (Å²) in [6.07, 6.45) is 0.312. The second-order valence-electron chi connectivity index (χ2n) is 7.98. The van der Waals surface area contributed by atoms with E-state index in [1.807, 2.05) is 0 Å². The van der Waals surface area contributed by atoms with Gasteiger partial charge in [0.25, 0.3) is 11.8 Å². The number of rotatable bonds is 6. The molecule has 1 atom stereocenters. The van der Waals surface area contributed by atoms with Gasteiger partial charge in [-0.25, -0.2) is 26.3 Å². The molecule has 0 aromatic heterocycles. The third-order valence-corrected chi connectivity index (χ3v) is 7.95. The van der Waals surface area contributed by atoms with E-state index in [0.717, 1.165) is 0 Å². The number of sulfonamides is 1. The normalized spacial score (nSPS) is 26.7. The van der Waals surface area contributed by atoms with E-state index in [1.165, 1.54) is 25.1 Å². The Labute approximate surface area is 152 Å². The van der Waals surface area contributed by atoms with Crippen molar-refractivity contribution in [2.24, 2.45) is 11.3 Å². The number of urea groups is 1. The molecule has 7 nitrogen and oxygen atoms in total. The van der Waals surface area contributed by atoms with Crippen LogP contribution in [0.1, 0.15) is 47.0 Å². The van der Waals surface area contributed by atoms with Crippen molar-refractivity contribution in [3.05, 3.63) is 0 Å². The summed E-state index contributed by atoms with van der Waals surface area (Å²) in [5.41, 5.74) is -2.75. The van der Waals surface area contributed by atoms with E-state index < -0.39 is 51.0 Å². The minimum absolute atomic E-state index is 0.138. The van der Waals surface area contributed by atoms with E-state index in [0.29, 0.717) is 12.8 Å². The van der Waals surface area contributed by atoms with Crippen LogP contribution in [0.15, 0.2) is 0 Å². The molecule has 1 unspecified atom stereocenters. The average molecular weight is 395 g/mol. The van der Waals surface area contributed by atoms with Crippen LogP contribution < -0.4 is 10.6 Å². The second kappa shape index (κ2) is 6.70. The number of piperidine rings is 1. The summed E-state index contributed by atoms with van der Waals surface area (Å²) in [4.78, 5) is 23.4. The minimum Gasteiger partial charge on any atom is -0.323 e. The Morgan fingerprint density at radius 2 is 1.77 bits per heavy atom. The van der Waals surface area contributed by atoms with Crippen molar-refractivity contribution in [3.63, 3.8) is 0 Å². The first-order valence-corrected chi connectivity index (χ1v) is 10.4. The van der Waals surface area contributed by atoms with Gasteiger partial charge >= 0.3 is 6.03 Å². The maximum atomic E-state index is 14.1. The number of carbonyl (C=O) groups excluding carboxylic acids is 2. The molecule has 2 aliphatic heterocycles. The number of amides is 3. The lowest BCUT2D eigenvalue weighted by molar-refractivity contribution is -0.125. The fraction of sp³-hybridized carbons (Fsp3) is 0.875. The van der Waals surface area contributed by atoms with Crippen LogP contribution in [-0.4, -0.2) is 55.0 Å². The molecule has 2 fully saturated rings. The highest BCUT2D eigenvalue weighted by atomic mass is 32.2. The Morgan fingerprint density at radius 1 is 1.23 bits per heavy atom. The molecular weight excluding hydrogens is 368 g/mol. The van der Waals surface area contributed by atoms with Crippen LogP contribution in [0.4, 0.5) is 13.6 Å². The molecule has 0 aromatic carbocycles. The van der Waals surface area contributed by atoms with Gasteiger partial charge in [-0.2, -0.15) is 0 Å². The standard InChI is InChI=1S/C16H27F2N3O4S/c1-5-16(17,18)14(2,3)10-26(24,25)21-8-6-11(7-9-21)15(4)12(22)19-13(23)20-15/h11H,5-10H2,1-4H3,(H2,19,20,22,23). The Morgan fingerprint density at radius 3 is 2.19 bits per heavy atom. The van der Waals surface area contributed by atoms with Gasteiger partial charge in [0, 0.05) is 24.9 Å². The first-order chi connectivity index (χ1) is 11.7. The van der Waals surface area contributed by atoms with Crippen LogP contribution in [0.2, 0.25) is 0 Å². The Bertz CT molecular complexity index is 688. The highest BCUT2D eigenvalue weighted by Gasteiger charge is 2.51. The van der Waals surface area contributed by atoms with Gasteiger partial charge in [-0.3, -0.25) is 10.1 Å². The number of carbonyl (C=O) groups is 2. The third kappa shape index (κ3) is 3.71. The SMILES string of the molecule is CCC(F)(F)C(C)(C)CS(=O)(=O)N1CCC(C2(C)NC(=O)NC2=O)CC1. The molecule has 2 heterocycles. The molecule has 10 heteroatoms. The van der Waals surface area contributed by atoms with Gasteiger partial charge in [0.2, 0.25) is 10.0 Å². The fourth-order valence-electron chi connectivity index (χ4n) is 3.69. The highest BCUT2D eigenvalue weighted by Crippen LogP contribution is 2.41. The van der Waals surface area contributed by atoms with E-state index >= 15 is 0 Å². The molecule has 2 aliphatic rings. The van der Waals surface area contributed by atoms with E-state index in [-0.39, 0.29) is 19.0 Å². The van der Waals surface area contributed by atoms with Crippen molar-refractivity contribution < 1.29 is 26.8 Å². The van der Waals surface area contributed by atoms with Crippen LogP contribution in [0, 0.1) is 11.3 Å². The molecule has 150 valence electrons. The second-order valence-corrected chi connectivity index (χ2v) is 9.95. The van der Waals surface area contributed by atoms with E-state index in [2.05, 4.69) is 10.6 Å². The summed E-state index contributed by atoms with van der Waals surface area (Å²) in [6, 6.07) is -0.559. The summed E-state index contributed by atoms with van der Waals surface area (Å²) >= 11 is 0. The van der Waals surface area contributed by atoms with Gasteiger partial charge in [-0.15, -0.1) is 0 Å². The average Bonchev–Trinajstić information content (AvgIpc) is 2.79. The molecule has 0 saturated carbocycles. The number of imide groups is 1. The molecule has 0 bridgehead atoms. The van der Waals surface area contributed by atoms with Gasteiger partial charge in [0.05, 0.1) is 5.75 Å². The number of nitrogens with zero attached hydrogens (tertiary/aromatic N) is 1. The number of hydrogen-bond acceptors (Lipinski definition) is 4. The van der Waals surface area contributed by atoms with Crippen LogP contribution in [0.5, 0.6) is 0 Å². The van der Waals surface area contributed by atoms with Crippen LogP contribution >= 0.6 is 0 Å². The van der Waals surface area contributed by atoms with Gasteiger partial charge in [0.15, 0.2) is 0 Å². The summed E-state index contributed by atoms with van der Waals surface area (Å²) in [6.45, 7) is 5.76. The summed E-state index contributed by atoms with van der Waals surface area (Å²) < 4.78 is 54.6. The molecule has 26 heavy (non-hydrogen) atoms. The van der Waals surface area contributed by atoms with E-state index in [9.17, 15) is 26.8 Å². The number of alkyl halides is 2. The van der Waals surface area contributed by atoms with Crippen molar-refractivity contribution in [1.29, 1.82) is 0 Å². The molecular formula is C16H27F2N3O4S. The van der Waals surface area contributed by atoms with Gasteiger partial charge < -0.3 is 5.32 Å². The molecule has 0 aromatic rings. The zero-order valence-electron chi connectivity index (χ0n) is 15.6. The number of hydrogen-bond donors (Lipinski definition) is 2. The van der Waals surface area contributed by atoms with Crippen LogP contribution in [-0.2, 0) is 14.8 Å². The van der Waals surface area contributed by atoms with E-state index in [1.54, 1.807) is 6.92 Å². The van der Waals surface area contributed by atoms with Crippen molar-refractivity contribution in [1.82, 2.24) is 14.9 Å². The topological polar surface area (TPSA) is 95.6 Å².